The number of amides is 2. The third kappa shape index (κ3) is 3.80. The van der Waals surface area contributed by atoms with Gasteiger partial charge in [-0.05, 0) is 42.5 Å². The van der Waals surface area contributed by atoms with Crippen LogP contribution in [0.5, 0.6) is 0 Å². The highest BCUT2D eigenvalue weighted by atomic mass is 35.5. The number of hydrogen-bond donors (Lipinski definition) is 2. The van der Waals surface area contributed by atoms with E-state index in [-0.39, 0.29) is 30.3 Å². The second-order valence-electron chi connectivity index (χ2n) is 5.76. The lowest BCUT2D eigenvalue weighted by molar-refractivity contribution is -0.122. The smallest absolute Gasteiger partial charge is 0.335 e. The molecule has 1 heterocycles. The lowest BCUT2D eigenvalue weighted by Gasteiger charge is -2.16. The van der Waals surface area contributed by atoms with Crippen molar-refractivity contribution in [3.63, 3.8) is 0 Å². The van der Waals surface area contributed by atoms with Crippen LogP contribution in [0.15, 0.2) is 48.5 Å². The number of carboxylic acid groups (broad SMARTS) is 1. The minimum Gasteiger partial charge on any atom is -0.478 e. The first-order valence-electron chi connectivity index (χ1n) is 7.64. The maximum atomic E-state index is 12.4. The molecule has 6 nitrogen and oxygen atoms in total. The van der Waals surface area contributed by atoms with E-state index in [9.17, 15) is 14.4 Å². The monoisotopic (exact) mass is 358 g/mol. The summed E-state index contributed by atoms with van der Waals surface area (Å²) in [7, 11) is 0. The number of nitrogens with zero attached hydrogens (tertiary/aromatic N) is 1. The van der Waals surface area contributed by atoms with Crippen LogP contribution in [0, 0.1) is 5.92 Å². The molecule has 7 heteroatoms. The van der Waals surface area contributed by atoms with Gasteiger partial charge in [0.1, 0.15) is 0 Å². The molecule has 2 aromatic carbocycles. The summed E-state index contributed by atoms with van der Waals surface area (Å²) in [6.07, 6.45) is 0.104. The number of carboxylic acids is 1. The van der Waals surface area contributed by atoms with Crippen molar-refractivity contribution in [2.45, 2.75) is 6.42 Å². The maximum Gasteiger partial charge on any atom is 0.335 e. The van der Waals surface area contributed by atoms with Gasteiger partial charge in [-0.3, -0.25) is 9.59 Å². The van der Waals surface area contributed by atoms with E-state index in [0.29, 0.717) is 16.4 Å². The number of aromatic carboxylic acids is 1. The van der Waals surface area contributed by atoms with Gasteiger partial charge < -0.3 is 15.3 Å². The average Bonchev–Trinajstić information content (AvgIpc) is 2.98. The number of rotatable bonds is 4. The van der Waals surface area contributed by atoms with Crippen LogP contribution in [-0.2, 0) is 9.59 Å². The Kier molecular flexibility index (Phi) is 4.72. The van der Waals surface area contributed by atoms with Crippen LogP contribution in [0.1, 0.15) is 16.8 Å². The van der Waals surface area contributed by atoms with E-state index in [4.69, 9.17) is 16.7 Å². The van der Waals surface area contributed by atoms with Crippen molar-refractivity contribution in [1.82, 2.24) is 0 Å². The van der Waals surface area contributed by atoms with Gasteiger partial charge in [-0.25, -0.2) is 4.79 Å². The molecule has 0 radical (unpaired) electrons. The molecular weight excluding hydrogens is 344 g/mol. The molecule has 1 atom stereocenters. The molecule has 1 saturated heterocycles. The van der Waals surface area contributed by atoms with Crippen LogP contribution in [-0.4, -0.2) is 29.4 Å². The van der Waals surface area contributed by atoms with E-state index in [1.165, 1.54) is 12.1 Å². The number of benzene rings is 2. The van der Waals surface area contributed by atoms with Crippen molar-refractivity contribution in [2.75, 3.05) is 16.8 Å². The summed E-state index contributed by atoms with van der Waals surface area (Å²) >= 11 is 5.85. The van der Waals surface area contributed by atoms with E-state index in [0.717, 1.165) is 0 Å². The van der Waals surface area contributed by atoms with Gasteiger partial charge >= 0.3 is 5.97 Å². The minimum absolute atomic E-state index is 0.0862. The normalized spacial score (nSPS) is 16.8. The second kappa shape index (κ2) is 6.94. The van der Waals surface area contributed by atoms with Gasteiger partial charge in [0.05, 0.1) is 11.5 Å². The Morgan fingerprint density at radius 2 is 1.88 bits per heavy atom. The molecule has 2 amide bonds. The molecule has 0 bridgehead atoms. The van der Waals surface area contributed by atoms with Crippen LogP contribution in [0.3, 0.4) is 0 Å². The summed E-state index contributed by atoms with van der Waals surface area (Å²) in [4.78, 5) is 37.2. The van der Waals surface area contributed by atoms with Gasteiger partial charge in [0, 0.05) is 29.4 Å². The molecule has 1 aliphatic heterocycles. The quantitative estimate of drug-likeness (QED) is 0.879. The first-order valence-corrected chi connectivity index (χ1v) is 8.02. The fourth-order valence-corrected chi connectivity index (χ4v) is 2.85. The van der Waals surface area contributed by atoms with Crippen molar-refractivity contribution < 1.29 is 19.5 Å². The molecule has 1 fully saturated rings. The van der Waals surface area contributed by atoms with Gasteiger partial charge in [0.25, 0.3) is 0 Å². The summed E-state index contributed by atoms with van der Waals surface area (Å²) in [6.45, 7) is 0.269. The SMILES string of the molecule is O=C(O)c1cccc(NC(=O)C2CC(=O)N(c3ccc(Cl)cc3)C2)c1. The summed E-state index contributed by atoms with van der Waals surface area (Å²) in [6, 6.07) is 12.8. The van der Waals surface area contributed by atoms with Crippen LogP contribution in [0.4, 0.5) is 11.4 Å². The fourth-order valence-electron chi connectivity index (χ4n) is 2.73. The highest BCUT2D eigenvalue weighted by Gasteiger charge is 2.35. The Hall–Kier alpha value is -2.86. The van der Waals surface area contributed by atoms with E-state index < -0.39 is 11.9 Å². The Morgan fingerprint density at radius 3 is 2.56 bits per heavy atom. The van der Waals surface area contributed by atoms with Gasteiger partial charge in [-0.2, -0.15) is 0 Å². The van der Waals surface area contributed by atoms with Crippen molar-refractivity contribution in [3.8, 4) is 0 Å². The highest BCUT2D eigenvalue weighted by molar-refractivity contribution is 6.30. The summed E-state index contributed by atoms with van der Waals surface area (Å²) in [5, 5.41) is 12.2. The van der Waals surface area contributed by atoms with E-state index in [1.54, 1.807) is 41.3 Å². The molecule has 0 saturated carbocycles. The Balaban J connectivity index is 1.69. The van der Waals surface area contributed by atoms with Gasteiger partial charge in [0.2, 0.25) is 11.8 Å². The lowest BCUT2D eigenvalue weighted by atomic mass is 10.1. The van der Waals surface area contributed by atoms with Crippen LogP contribution in [0.25, 0.3) is 0 Å². The third-order valence-electron chi connectivity index (χ3n) is 4.01. The topological polar surface area (TPSA) is 86.7 Å². The van der Waals surface area contributed by atoms with Crippen molar-refractivity contribution in [1.29, 1.82) is 0 Å². The molecule has 0 aliphatic carbocycles. The minimum atomic E-state index is -1.07. The highest BCUT2D eigenvalue weighted by Crippen LogP contribution is 2.27. The lowest BCUT2D eigenvalue weighted by Crippen LogP contribution is -2.28. The standard InChI is InChI=1S/C18H15ClN2O4/c19-13-4-6-15(7-5-13)21-10-12(9-16(21)22)17(23)20-14-3-1-2-11(8-14)18(24)25/h1-8,12H,9-10H2,(H,20,23)(H,24,25). The fraction of sp³-hybridized carbons (Fsp3) is 0.167. The Labute approximate surface area is 149 Å². The predicted molar refractivity (Wildman–Crippen MR) is 93.9 cm³/mol. The zero-order chi connectivity index (χ0) is 18.0. The molecule has 1 aliphatic rings. The number of nitrogens with one attached hydrogen (secondary N) is 1. The Bertz CT molecular complexity index is 835. The van der Waals surface area contributed by atoms with E-state index in [2.05, 4.69) is 5.32 Å². The zero-order valence-corrected chi connectivity index (χ0v) is 13.9. The summed E-state index contributed by atoms with van der Waals surface area (Å²) in [5.41, 5.74) is 1.17. The second-order valence-corrected chi connectivity index (χ2v) is 6.19. The molecule has 25 heavy (non-hydrogen) atoms. The molecular formula is C18H15ClN2O4. The van der Waals surface area contributed by atoms with Crippen molar-refractivity contribution in [2.24, 2.45) is 5.92 Å². The van der Waals surface area contributed by atoms with Gasteiger partial charge in [-0.15, -0.1) is 0 Å². The van der Waals surface area contributed by atoms with Crippen LogP contribution < -0.4 is 10.2 Å². The zero-order valence-electron chi connectivity index (χ0n) is 13.1. The van der Waals surface area contributed by atoms with E-state index in [1.807, 2.05) is 0 Å². The largest absolute Gasteiger partial charge is 0.478 e. The first-order chi connectivity index (χ1) is 11.9. The predicted octanol–water partition coefficient (Wildman–Crippen LogP) is 3.03. The van der Waals surface area contributed by atoms with Crippen molar-refractivity contribution in [3.05, 3.63) is 59.1 Å². The molecule has 2 N–H and O–H groups in total. The number of hydrogen-bond acceptors (Lipinski definition) is 3. The molecule has 3 rings (SSSR count). The molecule has 128 valence electrons. The van der Waals surface area contributed by atoms with Gasteiger partial charge in [0.15, 0.2) is 0 Å². The van der Waals surface area contributed by atoms with Gasteiger partial charge in [-0.1, -0.05) is 17.7 Å². The summed E-state index contributed by atoms with van der Waals surface area (Å²) < 4.78 is 0. The molecule has 1 unspecified atom stereocenters. The molecule has 2 aromatic rings. The summed E-state index contributed by atoms with van der Waals surface area (Å²) in [5.74, 6) is -2.02. The molecule has 0 spiro atoms. The van der Waals surface area contributed by atoms with E-state index >= 15 is 0 Å². The number of carbonyl (C=O) groups is 3. The number of anilines is 2. The average molecular weight is 359 g/mol. The van der Waals surface area contributed by atoms with Crippen LogP contribution >= 0.6 is 11.6 Å². The van der Waals surface area contributed by atoms with Crippen LogP contribution in [0.2, 0.25) is 5.02 Å². The Morgan fingerprint density at radius 1 is 1.16 bits per heavy atom. The first kappa shape index (κ1) is 17.0. The third-order valence-corrected chi connectivity index (χ3v) is 4.26. The maximum absolute atomic E-state index is 12.4. The number of carbonyl (C=O) groups excluding carboxylic acids is 2. The molecule has 0 aromatic heterocycles. The van der Waals surface area contributed by atoms with Crippen molar-refractivity contribution >= 4 is 40.8 Å². The number of halogens is 1.